The highest BCUT2D eigenvalue weighted by Gasteiger charge is 1.84. The van der Waals surface area contributed by atoms with Gasteiger partial charge in [0.25, 0.3) is 0 Å². The second-order valence-electron chi connectivity index (χ2n) is 4.28. The molecule has 0 aliphatic heterocycles. The Morgan fingerprint density at radius 3 is 2.47 bits per heavy atom. The molecule has 0 aromatic heterocycles. The molecular formula is C16H26O. The monoisotopic (exact) mass is 234 g/mol. The third-order valence-electron chi connectivity index (χ3n) is 2.37. The molecule has 0 heterocycles. The lowest BCUT2D eigenvalue weighted by Gasteiger charge is -1.92. The van der Waals surface area contributed by atoms with E-state index in [2.05, 4.69) is 30.9 Å². The van der Waals surface area contributed by atoms with Crippen LogP contribution in [0, 0.1) is 11.8 Å². The normalized spacial score (nSPS) is 12.9. The number of aliphatic hydroxyl groups excluding tert-OH is 1. The van der Waals surface area contributed by atoms with Gasteiger partial charge in [0.15, 0.2) is 0 Å². The number of rotatable bonds is 8. The molecule has 0 aliphatic rings. The highest BCUT2D eigenvalue weighted by molar-refractivity contribution is 5.15. The minimum atomic E-state index is -0.391. The van der Waals surface area contributed by atoms with Crippen LogP contribution in [0.2, 0.25) is 0 Å². The van der Waals surface area contributed by atoms with E-state index in [0.29, 0.717) is 0 Å². The average molecular weight is 234 g/mol. The van der Waals surface area contributed by atoms with Crippen LogP contribution >= 0.6 is 0 Å². The first-order chi connectivity index (χ1) is 8.27. The van der Waals surface area contributed by atoms with Crippen LogP contribution in [-0.2, 0) is 0 Å². The molecule has 1 heteroatoms. The highest BCUT2D eigenvalue weighted by atomic mass is 16.3. The predicted molar refractivity (Wildman–Crippen MR) is 75.7 cm³/mol. The van der Waals surface area contributed by atoms with E-state index in [4.69, 9.17) is 5.11 Å². The van der Waals surface area contributed by atoms with Crippen molar-refractivity contribution in [3.05, 3.63) is 24.3 Å². The van der Waals surface area contributed by atoms with Crippen LogP contribution in [0.5, 0.6) is 0 Å². The molecule has 0 amide bonds. The number of unbranched alkanes of at least 4 members (excludes halogenated alkanes) is 5. The maximum absolute atomic E-state index is 8.95. The molecule has 1 atom stereocenters. The van der Waals surface area contributed by atoms with Gasteiger partial charge >= 0.3 is 0 Å². The second kappa shape index (κ2) is 13.1. The van der Waals surface area contributed by atoms with Gasteiger partial charge in [-0.2, -0.15) is 0 Å². The number of hydrogen-bond donors (Lipinski definition) is 1. The fourth-order valence-electron chi connectivity index (χ4n) is 1.35. The summed E-state index contributed by atoms with van der Waals surface area (Å²) in [5, 5.41) is 8.95. The Hall–Kier alpha value is -1.00. The molecule has 0 aromatic rings. The van der Waals surface area contributed by atoms with Crippen LogP contribution in [0.3, 0.4) is 0 Å². The van der Waals surface area contributed by atoms with Crippen molar-refractivity contribution < 1.29 is 5.11 Å². The summed E-state index contributed by atoms with van der Waals surface area (Å²) in [6.45, 7) is 3.95. The summed E-state index contributed by atoms with van der Waals surface area (Å²) in [6, 6.07) is 0. The maximum Gasteiger partial charge on any atom is 0.0701 e. The molecule has 17 heavy (non-hydrogen) atoms. The lowest BCUT2D eigenvalue weighted by Crippen LogP contribution is -1.90. The SMILES string of the molecule is CCCC/C=C/CCCCC#C/C=C/C(C)O. The summed E-state index contributed by atoms with van der Waals surface area (Å²) in [5.74, 6) is 6.01. The van der Waals surface area contributed by atoms with E-state index in [1.54, 1.807) is 19.1 Å². The average Bonchev–Trinajstić information content (AvgIpc) is 2.30. The number of allylic oxidation sites excluding steroid dienone is 3. The van der Waals surface area contributed by atoms with Crippen LogP contribution in [0.4, 0.5) is 0 Å². The minimum absolute atomic E-state index is 0.391. The van der Waals surface area contributed by atoms with Gasteiger partial charge < -0.3 is 5.11 Å². The van der Waals surface area contributed by atoms with Crippen LogP contribution in [-0.4, -0.2) is 11.2 Å². The Balaban J connectivity index is 3.31. The van der Waals surface area contributed by atoms with Gasteiger partial charge in [0.1, 0.15) is 0 Å². The molecule has 0 spiro atoms. The second-order valence-corrected chi connectivity index (χ2v) is 4.28. The predicted octanol–water partition coefficient (Wildman–Crippen LogP) is 4.23. The standard InChI is InChI=1S/C16H26O/c1-3-4-5-6-7-8-9-10-11-12-13-14-15-16(2)17/h6-7,14-17H,3-5,8-11H2,1-2H3/b7-6+,15-14+. The van der Waals surface area contributed by atoms with E-state index in [0.717, 1.165) is 12.8 Å². The molecule has 0 saturated heterocycles. The van der Waals surface area contributed by atoms with E-state index >= 15 is 0 Å². The van der Waals surface area contributed by atoms with Crippen LogP contribution in [0.25, 0.3) is 0 Å². The molecule has 1 nitrogen and oxygen atoms in total. The fourth-order valence-corrected chi connectivity index (χ4v) is 1.35. The number of hydrogen-bond acceptors (Lipinski definition) is 1. The van der Waals surface area contributed by atoms with Gasteiger partial charge in [0.05, 0.1) is 6.10 Å². The Morgan fingerprint density at radius 1 is 1.12 bits per heavy atom. The molecule has 0 aromatic carbocycles. The third kappa shape index (κ3) is 15.0. The van der Waals surface area contributed by atoms with Crippen molar-refractivity contribution in [2.75, 3.05) is 0 Å². The summed E-state index contributed by atoms with van der Waals surface area (Å²) >= 11 is 0. The molecule has 0 radical (unpaired) electrons. The van der Waals surface area contributed by atoms with Gasteiger partial charge in [-0.15, -0.1) is 0 Å². The van der Waals surface area contributed by atoms with Gasteiger partial charge in [0.2, 0.25) is 0 Å². The van der Waals surface area contributed by atoms with Gasteiger partial charge in [-0.05, 0) is 44.8 Å². The summed E-state index contributed by atoms with van der Waals surface area (Å²) < 4.78 is 0. The molecule has 0 fully saturated rings. The Morgan fingerprint density at radius 2 is 1.82 bits per heavy atom. The van der Waals surface area contributed by atoms with E-state index in [1.807, 2.05) is 0 Å². The van der Waals surface area contributed by atoms with Crippen molar-refractivity contribution in [2.45, 2.75) is 64.9 Å². The van der Waals surface area contributed by atoms with E-state index in [1.165, 1.54) is 32.1 Å². The first-order valence-electron chi connectivity index (χ1n) is 6.75. The molecule has 1 N–H and O–H groups in total. The molecule has 0 saturated carbocycles. The third-order valence-corrected chi connectivity index (χ3v) is 2.37. The molecule has 0 rings (SSSR count). The molecule has 0 aliphatic carbocycles. The van der Waals surface area contributed by atoms with E-state index < -0.39 is 6.10 Å². The summed E-state index contributed by atoms with van der Waals surface area (Å²) in [5.41, 5.74) is 0. The lowest BCUT2D eigenvalue weighted by atomic mass is 10.1. The molecule has 96 valence electrons. The molecule has 0 bridgehead atoms. The first kappa shape index (κ1) is 16.0. The topological polar surface area (TPSA) is 20.2 Å². The smallest absolute Gasteiger partial charge is 0.0701 e. The summed E-state index contributed by atoms with van der Waals surface area (Å²) in [7, 11) is 0. The van der Waals surface area contributed by atoms with Gasteiger partial charge in [-0.25, -0.2) is 0 Å². The molecular weight excluding hydrogens is 208 g/mol. The van der Waals surface area contributed by atoms with Gasteiger partial charge in [-0.1, -0.05) is 43.8 Å². The summed E-state index contributed by atoms with van der Waals surface area (Å²) in [4.78, 5) is 0. The van der Waals surface area contributed by atoms with Crippen LogP contribution < -0.4 is 0 Å². The zero-order valence-electron chi connectivity index (χ0n) is 11.3. The number of aliphatic hydroxyl groups is 1. The van der Waals surface area contributed by atoms with Crippen molar-refractivity contribution in [3.8, 4) is 11.8 Å². The van der Waals surface area contributed by atoms with Crippen molar-refractivity contribution in [1.29, 1.82) is 0 Å². The largest absolute Gasteiger partial charge is 0.389 e. The van der Waals surface area contributed by atoms with Crippen LogP contribution in [0.1, 0.15) is 58.8 Å². The zero-order chi connectivity index (χ0) is 12.8. The zero-order valence-corrected chi connectivity index (χ0v) is 11.3. The quantitative estimate of drug-likeness (QED) is 0.378. The van der Waals surface area contributed by atoms with Crippen molar-refractivity contribution in [2.24, 2.45) is 0 Å². The fraction of sp³-hybridized carbons (Fsp3) is 0.625. The maximum atomic E-state index is 8.95. The Bertz CT molecular complexity index is 263. The minimum Gasteiger partial charge on any atom is -0.389 e. The van der Waals surface area contributed by atoms with E-state index in [-0.39, 0.29) is 0 Å². The van der Waals surface area contributed by atoms with Crippen LogP contribution in [0.15, 0.2) is 24.3 Å². The van der Waals surface area contributed by atoms with Crippen molar-refractivity contribution >= 4 is 0 Å². The molecule has 1 unspecified atom stereocenters. The van der Waals surface area contributed by atoms with Crippen molar-refractivity contribution in [1.82, 2.24) is 0 Å². The van der Waals surface area contributed by atoms with Gasteiger partial charge in [-0.3, -0.25) is 0 Å². The van der Waals surface area contributed by atoms with Gasteiger partial charge in [0, 0.05) is 6.42 Å². The van der Waals surface area contributed by atoms with E-state index in [9.17, 15) is 0 Å². The summed E-state index contributed by atoms with van der Waals surface area (Å²) in [6.07, 6.45) is 15.9. The van der Waals surface area contributed by atoms with Crippen molar-refractivity contribution in [3.63, 3.8) is 0 Å². The Kier molecular flexibility index (Phi) is 12.3. The Labute approximate surface area is 107 Å². The lowest BCUT2D eigenvalue weighted by molar-refractivity contribution is 0.244. The highest BCUT2D eigenvalue weighted by Crippen LogP contribution is 2.02. The first-order valence-corrected chi connectivity index (χ1v) is 6.75.